The minimum absolute atomic E-state index is 0.398. The summed E-state index contributed by atoms with van der Waals surface area (Å²) < 4.78 is 5.54. The molecule has 0 fully saturated rings. The van der Waals surface area contributed by atoms with Crippen molar-refractivity contribution in [2.75, 3.05) is 6.54 Å². The molecule has 0 saturated carbocycles. The number of benzene rings is 1. The molecule has 0 saturated heterocycles. The molecular weight excluding hydrogens is 250 g/mol. The lowest BCUT2D eigenvalue weighted by atomic mass is 10.0. The van der Waals surface area contributed by atoms with Crippen molar-refractivity contribution >= 4 is 0 Å². The Kier molecular flexibility index (Phi) is 3.40. The monoisotopic (exact) mass is 271 g/mol. The minimum Gasteiger partial charge on any atom is -0.463 e. The lowest BCUT2D eigenvalue weighted by Gasteiger charge is -2.23. The van der Waals surface area contributed by atoms with Gasteiger partial charge in [0.25, 0.3) is 0 Å². The number of aryl methyl sites for hydroxylation is 1. The fraction of sp³-hybridized carbons (Fsp3) is 0.412. The molecule has 0 spiro atoms. The van der Waals surface area contributed by atoms with Crippen molar-refractivity contribution in [2.45, 2.75) is 38.3 Å². The molecule has 1 unspecified atom stereocenters. The molecule has 20 heavy (non-hydrogen) atoms. The molecule has 2 N–H and O–H groups in total. The van der Waals surface area contributed by atoms with Crippen LogP contribution in [0.3, 0.4) is 0 Å². The van der Waals surface area contributed by atoms with Crippen LogP contribution in [0.25, 0.3) is 0 Å². The summed E-state index contributed by atoms with van der Waals surface area (Å²) in [6.45, 7) is 4.18. The highest BCUT2D eigenvalue weighted by Gasteiger charge is 2.29. The van der Waals surface area contributed by atoms with Gasteiger partial charge in [0.15, 0.2) is 0 Å². The molecule has 1 aliphatic rings. The van der Waals surface area contributed by atoms with Crippen LogP contribution in [0, 0.1) is 6.92 Å². The van der Waals surface area contributed by atoms with E-state index in [2.05, 4.69) is 29.6 Å². The van der Waals surface area contributed by atoms with Crippen LogP contribution in [0.4, 0.5) is 0 Å². The summed E-state index contributed by atoms with van der Waals surface area (Å²) in [5.41, 5.74) is 1.86. The van der Waals surface area contributed by atoms with E-state index in [1.807, 2.05) is 19.1 Å². The third-order valence-corrected chi connectivity index (χ3v) is 4.06. The van der Waals surface area contributed by atoms with Crippen LogP contribution in [-0.2, 0) is 18.4 Å². The highest BCUT2D eigenvalue weighted by molar-refractivity contribution is 5.33. The largest absolute Gasteiger partial charge is 0.463 e. The van der Waals surface area contributed by atoms with Crippen molar-refractivity contribution in [3.05, 3.63) is 59.0 Å². The second kappa shape index (κ2) is 5.08. The Morgan fingerprint density at radius 1 is 1.20 bits per heavy atom. The van der Waals surface area contributed by atoms with E-state index in [9.17, 15) is 5.11 Å². The van der Waals surface area contributed by atoms with Gasteiger partial charge in [0.2, 0.25) is 0 Å². The van der Waals surface area contributed by atoms with Gasteiger partial charge in [0.05, 0.1) is 0 Å². The van der Waals surface area contributed by atoms with Gasteiger partial charge in [0.1, 0.15) is 17.1 Å². The topological polar surface area (TPSA) is 45.4 Å². The van der Waals surface area contributed by atoms with Crippen molar-refractivity contribution in [1.82, 2.24) is 5.32 Å². The summed E-state index contributed by atoms with van der Waals surface area (Å²) in [6, 6.07) is 12.7. The maximum Gasteiger partial charge on any atom is 0.136 e. The van der Waals surface area contributed by atoms with Crippen LogP contribution in [-0.4, -0.2) is 17.7 Å². The van der Waals surface area contributed by atoms with Gasteiger partial charge in [-0.3, -0.25) is 0 Å². The van der Waals surface area contributed by atoms with Gasteiger partial charge in [-0.2, -0.15) is 0 Å². The smallest absolute Gasteiger partial charge is 0.136 e. The number of fused-ring (bicyclic) bond motifs is 1. The molecule has 1 aliphatic carbocycles. The molecule has 3 nitrogen and oxygen atoms in total. The Morgan fingerprint density at radius 3 is 2.40 bits per heavy atom. The highest BCUT2D eigenvalue weighted by atomic mass is 16.4. The average Bonchev–Trinajstić information content (AvgIpc) is 3.02. The molecule has 1 aromatic carbocycles. The fourth-order valence-corrected chi connectivity index (χ4v) is 2.86. The van der Waals surface area contributed by atoms with Gasteiger partial charge < -0.3 is 14.8 Å². The van der Waals surface area contributed by atoms with Crippen molar-refractivity contribution in [3.63, 3.8) is 0 Å². The van der Waals surface area contributed by atoms with E-state index in [0.29, 0.717) is 18.3 Å². The molecule has 0 radical (unpaired) electrons. The average molecular weight is 271 g/mol. The summed E-state index contributed by atoms with van der Waals surface area (Å²) >= 11 is 0. The Balaban J connectivity index is 1.61. The molecule has 0 bridgehead atoms. The fourth-order valence-electron chi connectivity index (χ4n) is 2.86. The van der Waals surface area contributed by atoms with Gasteiger partial charge >= 0.3 is 0 Å². The van der Waals surface area contributed by atoms with Crippen molar-refractivity contribution in [1.29, 1.82) is 0 Å². The lowest BCUT2D eigenvalue weighted by molar-refractivity contribution is 0.0311. The van der Waals surface area contributed by atoms with Crippen LogP contribution in [0.5, 0.6) is 0 Å². The summed E-state index contributed by atoms with van der Waals surface area (Å²) in [7, 11) is 0. The standard InChI is InChI=1S/C17H21NO2/c1-12-7-8-16(20-12)17(2,19)11-18-15-9-13-5-3-4-6-14(13)10-15/h3-8,15,18-19H,9-11H2,1-2H3. The van der Waals surface area contributed by atoms with E-state index < -0.39 is 5.60 Å². The molecular formula is C17H21NO2. The number of hydrogen-bond acceptors (Lipinski definition) is 3. The Morgan fingerprint density at radius 2 is 1.85 bits per heavy atom. The van der Waals surface area contributed by atoms with Crippen molar-refractivity contribution in [3.8, 4) is 0 Å². The molecule has 2 aromatic rings. The highest BCUT2D eigenvalue weighted by Crippen LogP contribution is 2.25. The van der Waals surface area contributed by atoms with Gasteiger partial charge in [-0.25, -0.2) is 0 Å². The Labute approximate surface area is 119 Å². The summed E-state index contributed by atoms with van der Waals surface area (Å²) in [6.07, 6.45) is 2.06. The molecule has 3 heteroatoms. The van der Waals surface area contributed by atoms with E-state index in [-0.39, 0.29) is 0 Å². The van der Waals surface area contributed by atoms with Crippen LogP contribution < -0.4 is 5.32 Å². The zero-order valence-corrected chi connectivity index (χ0v) is 12.0. The van der Waals surface area contributed by atoms with Gasteiger partial charge in [-0.1, -0.05) is 24.3 Å². The summed E-state index contributed by atoms with van der Waals surface area (Å²) in [5.74, 6) is 1.45. The summed E-state index contributed by atoms with van der Waals surface area (Å²) in [5, 5.41) is 14.0. The Bertz CT molecular complexity index is 576. The quantitative estimate of drug-likeness (QED) is 0.898. The first-order valence-electron chi connectivity index (χ1n) is 7.14. The SMILES string of the molecule is Cc1ccc(C(C)(O)CNC2Cc3ccccc3C2)o1. The maximum absolute atomic E-state index is 10.5. The molecule has 106 valence electrons. The molecule has 1 atom stereocenters. The first-order valence-corrected chi connectivity index (χ1v) is 7.14. The van der Waals surface area contributed by atoms with E-state index in [1.54, 1.807) is 6.92 Å². The van der Waals surface area contributed by atoms with Crippen LogP contribution >= 0.6 is 0 Å². The van der Waals surface area contributed by atoms with E-state index in [4.69, 9.17) is 4.42 Å². The lowest BCUT2D eigenvalue weighted by Crippen LogP contribution is -2.41. The predicted molar refractivity (Wildman–Crippen MR) is 78.7 cm³/mol. The van der Waals surface area contributed by atoms with Gasteiger partial charge in [-0.05, 0) is 49.9 Å². The van der Waals surface area contributed by atoms with Crippen LogP contribution in [0.2, 0.25) is 0 Å². The third kappa shape index (κ3) is 2.65. The van der Waals surface area contributed by atoms with Gasteiger partial charge in [0, 0.05) is 12.6 Å². The normalized spacial score (nSPS) is 17.9. The number of rotatable bonds is 4. The second-order valence-electron chi connectivity index (χ2n) is 5.94. The molecule has 1 heterocycles. The van der Waals surface area contributed by atoms with Crippen molar-refractivity contribution < 1.29 is 9.52 Å². The molecule has 1 aromatic heterocycles. The first-order chi connectivity index (χ1) is 9.54. The van der Waals surface area contributed by atoms with Crippen LogP contribution in [0.15, 0.2) is 40.8 Å². The van der Waals surface area contributed by atoms with E-state index in [1.165, 1.54) is 11.1 Å². The molecule has 0 aliphatic heterocycles. The zero-order valence-electron chi connectivity index (χ0n) is 12.0. The first kappa shape index (κ1) is 13.4. The number of furan rings is 1. The second-order valence-corrected chi connectivity index (χ2v) is 5.94. The zero-order chi connectivity index (χ0) is 14.2. The van der Waals surface area contributed by atoms with Crippen LogP contribution in [0.1, 0.15) is 29.6 Å². The van der Waals surface area contributed by atoms with E-state index >= 15 is 0 Å². The number of hydrogen-bond donors (Lipinski definition) is 2. The predicted octanol–water partition coefficient (Wildman–Crippen LogP) is 2.55. The summed E-state index contributed by atoms with van der Waals surface area (Å²) in [4.78, 5) is 0. The minimum atomic E-state index is -0.969. The molecule has 0 amide bonds. The van der Waals surface area contributed by atoms with Crippen molar-refractivity contribution in [2.24, 2.45) is 0 Å². The third-order valence-electron chi connectivity index (χ3n) is 4.06. The maximum atomic E-state index is 10.5. The molecule has 3 rings (SSSR count). The van der Waals surface area contributed by atoms with E-state index in [0.717, 1.165) is 18.6 Å². The number of aliphatic hydroxyl groups is 1. The number of nitrogens with one attached hydrogen (secondary N) is 1. The Hall–Kier alpha value is -1.58. The van der Waals surface area contributed by atoms with Gasteiger partial charge in [-0.15, -0.1) is 0 Å².